The molecule has 0 saturated heterocycles. The van der Waals surface area contributed by atoms with E-state index in [-0.39, 0.29) is 10.8 Å². The highest BCUT2D eigenvalue weighted by atomic mass is 32.2. The number of nitrogens with zero attached hydrogens (tertiary/aromatic N) is 3. The summed E-state index contributed by atoms with van der Waals surface area (Å²) in [5.74, 6) is 0.585. The number of hydrogen-bond acceptors (Lipinski definition) is 5. The molecule has 8 heteroatoms. The Hall–Kier alpha value is -2.61. The number of aryl methyl sites for hydroxylation is 2. The van der Waals surface area contributed by atoms with Crippen LogP contribution < -0.4 is 4.72 Å². The van der Waals surface area contributed by atoms with Gasteiger partial charge in [0.05, 0.1) is 11.3 Å². The van der Waals surface area contributed by atoms with E-state index in [9.17, 15) is 8.42 Å². The van der Waals surface area contributed by atoms with Crippen molar-refractivity contribution in [1.82, 2.24) is 14.8 Å². The van der Waals surface area contributed by atoms with Gasteiger partial charge >= 0.3 is 0 Å². The summed E-state index contributed by atoms with van der Waals surface area (Å²) in [7, 11) is -2.03. The van der Waals surface area contributed by atoms with Gasteiger partial charge in [0.25, 0.3) is 15.9 Å². The molecule has 0 atom stereocenters. The second-order valence-corrected chi connectivity index (χ2v) is 7.80. The van der Waals surface area contributed by atoms with Crippen molar-refractivity contribution in [3.8, 4) is 11.5 Å². The molecular weight excluding hydrogens is 352 g/mol. The molecule has 138 valence electrons. The van der Waals surface area contributed by atoms with Crippen LogP contribution in [0.2, 0.25) is 0 Å². The van der Waals surface area contributed by atoms with Gasteiger partial charge in [-0.05, 0) is 31.9 Å². The number of sulfonamides is 1. The predicted molar refractivity (Wildman–Crippen MR) is 99.5 cm³/mol. The van der Waals surface area contributed by atoms with Crippen molar-refractivity contribution in [2.45, 2.75) is 39.0 Å². The summed E-state index contributed by atoms with van der Waals surface area (Å²) < 4.78 is 36.5. The van der Waals surface area contributed by atoms with Gasteiger partial charge < -0.3 is 8.98 Å². The van der Waals surface area contributed by atoms with Crippen LogP contribution in [0.15, 0.2) is 33.6 Å². The lowest BCUT2D eigenvalue weighted by molar-refractivity contribution is 0.530. The van der Waals surface area contributed by atoms with Gasteiger partial charge in [0.15, 0.2) is 0 Å². The third-order valence-electron chi connectivity index (χ3n) is 4.57. The number of hydrogen-bond donors (Lipinski definition) is 1. The molecule has 2 aromatic heterocycles. The molecule has 0 aliphatic heterocycles. The Bertz CT molecular complexity index is 1060. The Labute approximate surface area is 153 Å². The van der Waals surface area contributed by atoms with Crippen LogP contribution >= 0.6 is 0 Å². The fourth-order valence-corrected chi connectivity index (χ4v) is 4.64. The maximum Gasteiger partial charge on any atom is 0.264 e. The molecular formula is C18H22N4O3S. The third-order valence-corrected chi connectivity index (χ3v) is 6.10. The van der Waals surface area contributed by atoms with E-state index in [4.69, 9.17) is 4.42 Å². The van der Waals surface area contributed by atoms with Crippen LogP contribution in [0.3, 0.4) is 0 Å². The third kappa shape index (κ3) is 3.01. The molecule has 0 amide bonds. The standard InChI is InChI=1S/C18H22N4O3S/c1-6-14-9-7-8-10-15(14)21-26(23,24)17-12(3)22(5)11(2)16(17)18-20-19-13(4)25-18/h7-10,21H,6H2,1-5H3. The maximum absolute atomic E-state index is 13.2. The highest BCUT2D eigenvalue weighted by Gasteiger charge is 2.30. The molecule has 26 heavy (non-hydrogen) atoms. The molecule has 0 bridgehead atoms. The van der Waals surface area contributed by atoms with Gasteiger partial charge in [-0.3, -0.25) is 4.72 Å². The van der Waals surface area contributed by atoms with E-state index in [0.29, 0.717) is 22.8 Å². The number of para-hydroxylation sites is 1. The molecule has 0 aliphatic rings. The Morgan fingerprint density at radius 2 is 1.81 bits per heavy atom. The average Bonchev–Trinajstić information content (AvgIpc) is 3.12. The number of aromatic nitrogens is 3. The van der Waals surface area contributed by atoms with Gasteiger partial charge in [-0.1, -0.05) is 25.1 Å². The second-order valence-electron chi connectivity index (χ2n) is 6.18. The summed E-state index contributed by atoms with van der Waals surface area (Å²) in [4.78, 5) is 0.159. The second kappa shape index (κ2) is 6.60. The molecule has 3 rings (SSSR count). The van der Waals surface area contributed by atoms with E-state index >= 15 is 0 Å². The van der Waals surface area contributed by atoms with Crippen LogP contribution in [-0.4, -0.2) is 23.2 Å². The Balaban J connectivity index is 2.18. The van der Waals surface area contributed by atoms with Crippen LogP contribution in [0.5, 0.6) is 0 Å². The topological polar surface area (TPSA) is 90.0 Å². The first kappa shape index (κ1) is 18.2. The van der Waals surface area contributed by atoms with Crippen LogP contribution in [-0.2, 0) is 23.5 Å². The zero-order valence-corrected chi connectivity index (χ0v) is 16.3. The van der Waals surface area contributed by atoms with Gasteiger partial charge in [-0.2, -0.15) is 0 Å². The van der Waals surface area contributed by atoms with E-state index in [0.717, 1.165) is 17.7 Å². The molecule has 2 heterocycles. The van der Waals surface area contributed by atoms with Crippen molar-refractivity contribution in [2.24, 2.45) is 7.05 Å². The Kier molecular flexibility index (Phi) is 4.62. The molecule has 0 radical (unpaired) electrons. The molecule has 3 aromatic rings. The summed E-state index contributed by atoms with van der Waals surface area (Å²) in [6, 6.07) is 7.37. The minimum absolute atomic E-state index is 0.159. The van der Waals surface area contributed by atoms with E-state index < -0.39 is 10.0 Å². The number of benzene rings is 1. The van der Waals surface area contributed by atoms with Crippen LogP contribution in [0.1, 0.15) is 29.8 Å². The number of anilines is 1. The fourth-order valence-electron chi connectivity index (χ4n) is 3.02. The van der Waals surface area contributed by atoms with Gasteiger partial charge in [0.2, 0.25) is 5.89 Å². The predicted octanol–water partition coefficient (Wildman–Crippen LogP) is 3.36. The van der Waals surface area contributed by atoms with E-state index in [1.54, 1.807) is 19.9 Å². The van der Waals surface area contributed by atoms with Crippen molar-refractivity contribution < 1.29 is 12.8 Å². The average molecular weight is 374 g/mol. The lowest BCUT2D eigenvalue weighted by Crippen LogP contribution is -2.16. The van der Waals surface area contributed by atoms with Gasteiger partial charge in [-0.15, -0.1) is 10.2 Å². The quantitative estimate of drug-likeness (QED) is 0.739. The number of rotatable bonds is 5. The molecule has 0 fully saturated rings. The molecule has 0 saturated carbocycles. The lowest BCUT2D eigenvalue weighted by Gasteiger charge is -2.12. The monoisotopic (exact) mass is 374 g/mol. The zero-order chi connectivity index (χ0) is 19.1. The highest BCUT2D eigenvalue weighted by Crippen LogP contribution is 2.35. The van der Waals surface area contributed by atoms with E-state index in [1.807, 2.05) is 43.7 Å². The van der Waals surface area contributed by atoms with Crippen molar-refractivity contribution in [3.63, 3.8) is 0 Å². The van der Waals surface area contributed by atoms with Crippen LogP contribution in [0.4, 0.5) is 5.69 Å². The minimum atomic E-state index is -3.85. The first-order valence-corrected chi connectivity index (χ1v) is 9.81. The van der Waals surface area contributed by atoms with Crippen molar-refractivity contribution in [1.29, 1.82) is 0 Å². The van der Waals surface area contributed by atoms with E-state index in [2.05, 4.69) is 14.9 Å². The maximum atomic E-state index is 13.2. The van der Waals surface area contributed by atoms with Crippen molar-refractivity contribution in [2.75, 3.05) is 4.72 Å². The molecule has 0 unspecified atom stereocenters. The number of nitrogens with one attached hydrogen (secondary N) is 1. The van der Waals surface area contributed by atoms with Crippen molar-refractivity contribution >= 4 is 15.7 Å². The fraction of sp³-hybridized carbons (Fsp3) is 0.333. The SMILES string of the molecule is CCc1ccccc1NS(=O)(=O)c1c(-c2nnc(C)o2)c(C)n(C)c1C. The largest absolute Gasteiger partial charge is 0.421 e. The molecule has 7 nitrogen and oxygen atoms in total. The minimum Gasteiger partial charge on any atom is -0.421 e. The summed E-state index contributed by atoms with van der Waals surface area (Å²) in [6.45, 7) is 7.25. The highest BCUT2D eigenvalue weighted by molar-refractivity contribution is 7.93. The summed E-state index contributed by atoms with van der Waals surface area (Å²) >= 11 is 0. The van der Waals surface area contributed by atoms with E-state index in [1.165, 1.54) is 0 Å². The molecule has 0 aliphatic carbocycles. The van der Waals surface area contributed by atoms with Gasteiger partial charge in [0.1, 0.15) is 4.90 Å². The van der Waals surface area contributed by atoms with Gasteiger partial charge in [0, 0.05) is 25.4 Å². The molecule has 0 spiro atoms. The summed E-state index contributed by atoms with van der Waals surface area (Å²) in [6.07, 6.45) is 0.723. The Morgan fingerprint density at radius 1 is 1.12 bits per heavy atom. The smallest absolute Gasteiger partial charge is 0.264 e. The van der Waals surface area contributed by atoms with Gasteiger partial charge in [-0.25, -0.2) is 8.42 Å². The summed E-state index contributed by atoms with van der Waals surface area (Å²) in [5, 5.41) is 7.86. The normalized spacial score (nSPS) is 11.7. The Morgan fingerprint density at radius 3 is 2.42 bits per heavy atom. The zero-order valence-electron chi connectivity index (χ0n) is 15.5. The first-order chi connectivity index (χ1) is 12.3. The van der Waals surface area contributed by atoms with Crippen molar-refractivity contribution in [3.05, 3.63) is 47.1 Å². The summed E-state index contributed by atoms with van der Waals surface area (Å²) in [5.41, 5.74) is 3.29. The molecule has 1 N–H and O–H groups in total. The van der Waals surface area contributed by atoms with Crippen LogP contribution in [0.25, 0.3) is 11.5 Å². The molecule has 1 aromatic carbocycles. The lowest BCUT2D eigenvalue weighted by atomic mass is 10.1. The first-order valence-electron chi connectivity index (χ1n) is 8.33. The van der Waals surface area contributed by atoms with Crippen LogP contribution in [0, 0.1) is 20.8 Å².